The van der Waals surface area contributed by atoms with E-state index in [9.17, 15) is 43.9 Å². The number of alkyl halides is 15. The van der Waals surface area contributed by atoms with Crippen molar-refractivity contribution in [2.45, 2.75) is 30.9 Å². The lowest BCUT2D eigenvalue weighted by atomic mass is 10.9. The van der Waals surface area contributed by atoms with Crippen LogP contribution in [0.4, 0.5) is 43.9 Å². The molecule has 3 atom stereocenters. The Kier molecular flexibility index (Phi) is 14.6. The molecular weight excluding hydrogens is 838 g/mol. The average Bonchev–Trinajstić information content (AvgIpc) is 2.47. The van der Waals surface area contributed by atoms with Crippen molar-refractivity contribution < 1.29 is 43.9 Å². The van der Waals surface area contributed by atoms with Crippen LogP contribution in [0.5, 0.6) is 0 Å². The van der Waals surface area contributed by atoms with Gasteiger partial charge in [0.1, 0.15) is 12.0 Å². The highest BCUT2D eigenvalue weighted by Crippen LogP contribution is 3.24. The van der Waals surface area contributed by atoms with E-state index in [1.165, 1.54) is 0 Å². The lowest BCUT2D eigenvalue weighted by Gasteiger charge is -2.71. The van der Waals surface area contributed by atoms with Crippen molar-refractivity contribution in [1.29, 1.82) is 0 Å². The third kappa shape index (κ3) is 11.2. The molecule has 0 bridgehead atoms. The monoisotopic (exact) mass is 840 g/mol. The Morgan fingerprint density at radius 2 is 1.20 bits per heavy atom. The zero-order chi connectivity index (χ0) is 28.4. The molecule has 0 fully saturated rings. The van der Waals surface area contributed by atoms with Crippen LogP contribution >= 0.6 is 174 Å². The van der Waals surface area contributed by atoms with Crippen LogP contribution in [0.1, 0.15) is 0 Å². The molecule has 35 heavy (non-hydrogen) atoms. The van der Waals surface area contributed by atoms with Crippen molar-refractivity contribution >= 4 is 174 Å². The van der Waals surface area contributed by atoms with Crippen LogP contribution in [-0.4, -0.2) is 42.9 Å². The first kappa shape index (κ1) is 39.4. The molecule has 0 aromatic heterocycles. The molecule has 0 radical (unpaired) electrons. The van der Waals surface area contributed by atoms with Crippen LogP contribution in [-0.2, 0) is 0 Å². The predicted molar refractivity (Wildman–Crippen MR) is 150 cm³/mol. The Balaban J connectivity index is 7.53. The normalized spacial score (nSPS) is 20.7. The summed E-state index contributed by atoms with van der Waals surface area (Å²) in [5.74, 6) is -3.92. The molecule has 0 aliphatic carbocycles. The molecule has 0 aromatic rings. The van der Waals surface area contributed by atoms with Crippen LogP contribution in [0, 0.1) is 0 Å². The third-order valence-corrected chi connectivity index (χ3v) is 31.3. The second-order valence-corrected chi connectivity index (χ2v) is 39.3. The molecule has 0 nitrogen and oxygen atoms in total. The van der Waals surface area contributed by atoms with Gasteiger partial charge in [0.25, 0.3) is 5.76 Å². The highest BCUT2D eigenvalue weighted by molar-refractivity contribution is 9.63. The number of hydrogen-bond donors (Lipinski definition) is 0. The fourth-order valence-electron chi connectivity index (χ4n) is 1.61. The minimum Gasteiger partial charge on any atom is -0.239 e. The topological polar surface area (TPSA) is 0 Å². The highest BCUT2D eigenvalue weighted by Gasteiger charge is 2.84. The Bertz CT molecular complexity index is 735. The van der Waals surface area contributed by atoms with Gasteiger partial charge in [0.2, 0.25) is 7.96 Å². The van der Waals surface area contributed by atoms with Crippen LogP contribution in [0.2, 0.25) is 0 Å². The number of thioether (sulfide) groups is 5. The molecule has 0 aromatic carbocycles. The molecule has 0 aliphatic heterocycles. The molecule has 0 rings (SSSR count). The van der Waals surface area contributed by atoms with E-state index >= 15 is 0 Å². The molecule has 3 unspecified atom stereocenters. The largest absolute Gasteiger partial charge is 0.444 e. The van der Waals surface area contributed by atoms with Gasteiger partial charge in [-0.15, -0.1) is 0 Å². The second-order valence-electron chi connectivity index (χ2n) is 5.01. The number of rotatable bonds is 14. The van der Waals surface area contributed by atoms with Gasteiger partial charge in [-0.3, -0.25) is 0 Å². The predicted octanol–water partition coefficient (Wildman–Crippen LogP) is 13.8. The zero-order valence-corrected chi connectivity index (χ0v) is 27.7. The van der Waals surface area contributed by atoms with Crippen molar-refractivity contribution in [3.05, 3.63) is 0 Å². The first-order chi connectivity index (χ1) is 15.1. The SMILES string of the molecule is FCSC(F)(F)SS(Cl)(Cl)(Cl)(SC(F)SC(Cl)(Cl)Cl)C(Cl)(SC(F)F)C(Cl)(SCF)SC(F)(F)F. The van der Waals surface area contributed by atoms with Crippen LogP contribution < -0.4 is 0 Å². The summed E-state index contributed by atoms with van der Waals surface area (Å²) in [5, 5.41) is 0. The summed E-state index contributed by atoms with van der Waals surface area (Å²) >= 11 is 23.4. The van der Waals surface area contributed by atoms with Gasteiger partial charge in [0, 0.05) is 14.8 Å². The van der Waals surface area contributed by atoms with E-state index in [2.05, 4.69) is 0 Å². The van der Waals surface area contributed by atoms with Gasteiger partial charge in [-0.25, -0.2) is 13.2 Å². The van der Waals surface area contributed by atoms with E-state index in [1.807, 2.05) is 0 Å². The van der Waals surface area contributed by atoms with Gasteiger partial charge in [-0.1, -0.05) is 93.3 Å². The van der Waals surface area contributed by atoms with Crippen molar-refractivity contribution in [1.82, 2.24) is 0 Å². The van der Waals surface area contributed by atoms with Crippen molar-refractivity contribution in [2.75, 3.05) is 12.0 Å². The van der Waals surface area contributed by atoms with E-state index < -0.39 is 116 Å². The van der Waals surface area contributed by atoms with Gasteiger partial charge in [-0.05, 0) is 66.4 Å². The Morgan fingerprint density at radius 1 is 0.743 bits per heavy atom. The molecule has 0 N–H and O–H groups in total. The molecular formula is C9H6Cl8F10S8. The minimum absolute atomic E-state index is 0.387. The van der Waals surface area contributed by atoms with Crippen LogP contribution in [0.3, 0.4) is 0 Å². The minimum atomic E-state index is -7.52. The van der Waals surface area contributed by atoms with E-state index in [0.717, 1.165) is 0 Å². The Hall–Kier alpha value is 4.42. The van der Waals surface area contributed by atoms with E-state index in [4.69, 9.17) is 90.1 Å². The van der Waals surface area contributed by atoms with Gasteiger partial charge in [0.15, 0.2) is 7.08 Å². The molecule has 0 aliphatic rings. The Morgan fingerprint density at radius 3 is 1.54 bits per heavy atom. The summed E-state index contributed by atoms with van der Waals surface area (Å²) < 4.78 is 115. The van der Waals surface area contributed by atoms with Gasteiger partial charge in [-0.2, -0.15) is 30.7 Å². The third-order valence-electron chi connectivity index (χ3n) is 2.58. The average molecular weight is 844 g/mol. The van der Waals surface area contributed by atoms with Crippen molar-refractivity contribution in [3.63, 3.8) is 0 Å². The maximum Gasteiger partial charge on any atom is 0.444 e. The summed E-state index contributed by atoms with van der Waals surface area (Å²) in [6.45, 7) is 0. The molecule has 0 spiro atoms. The lowest BCUT2D eigenvalue weighted by molar-refractivity contribution is -0.0331. The molecule has 216 valence electrons. The first-order valence-electron chi connectivity index (χ1n) is 7.04. The molecule has 0 heterocycles. The van der Waals surface area contributed by atoms with Crippen molar-refractivity contribution in [2.24, 2.45) is 0 Å². The lowest BCUT2D eigenvalue weighted by Crippen LogP contribution is -2.49. The standard InChI is InChI=1S/C9H6Cl8F10S8/c10-5(28-1-18,33-8(23,24)25)6(11,30-3(20)21)35(15,16,17,34-9(26,27)29-2-19)32-4(22)31-7(12,13)14/h3-4H,1-2H2. The summed E-state index contributed by atoms with van der Waals surface area (Å²) in [5.41, 5.74) is -5.52. The second kappa shape index (κ2) is 13.0. The van der Waals surface area contributed by atoms with Gasteiger partial charge in [0.05, 0.1) is 0 Å². The summed E-state index contributed by atoms with van der Waals surface area (Å²) in [6, 6.07) is -3.80. The van der Waals surface area contributed by atoms with Crippen LogP contribution in [0.25, 0.3) is 0 Å². The smallest absolute Gasteiger partial charge is 0.239 e. The molecule has 0 saturated carbocycles. The summed E-state index contributed by atoms with van der Waals surface area (Å²) in [7, 11) is 16.3. The first-order valence-corrected chi connectivity index (χ1v) is 21.1. The fraction of sp³-hybridized carbons (Fsp3) is 1.00. The van der Waals surface area contributed by atoms with E-state index in [0.29, 0.717) is 0 Å². The highest BCUT2D eigenvalue weighted by atomic mass is 36.3. The van der Waals surface area contributed by atoms with Gasteiger partial charge < -0.3 is 0 Å². The number of halogens is 18. The van der Waals surface area contributed by atoms with Crippen LogP contribution in [0.15, 0.2) is 0 Å². The van der Waals surface area contributed by atoms with E-state index in [-0.39, 0.29) is 11.8 Å². The van der Waals surface area contributed by atoms with Crippen molar-refractivity contribution in [3.8, 4) is 0 Å². The quantitative estimate of drug-likeness (QED) is 0.0730. The van der Waals surface area contributed by atoms with E-state index in [1.54, 1.807) is 0 Å². The summed E-state index contributed by atoms with van der Waals surface area (Å²) in [4.78, 5) is -2.97. The molecule has 26 heteroatoms. The van der Waals surface area contributed by atoms with Gasteiger partial charge >= 0.3 is 10.1 Å². The summed E-state index contributed by atoms with van der Waals surface area (Å²) in [6.07, 6.45) is 0. The molecule has 0 amide bonds. The molecule has 0 saturated heterocycles. The maximum atomic E-state index is 14.9. The zero-order valence-electron chi connectivity index (χ0n) is 15.1. The maximum absolute atomic E-state index is 14.9. The fourth-order valence-corrected chi connectivity index (χ4v) is 34.4. The Labute approximate surface area is 258 Å². The number of hydrogen-bond acceptors (Lipinski definition) is 7.